The standard InChI is InChI=1S/C34H50NO7P/c1-2-3-4-5-6-7-8-9-10-11-12-13-14-15-19-22-33(36)35-32(28-42-43(38,39)40)34(37)30-23-25-31(26-24-30)41-27-29-20-17-16-18-21-29/h9-10,16-18,20-21,23-26,32H,2-8,11-15,19,22,27-28H2,1H3,(H,35,36)(H2,38,39,40)/t32-/m1/s1. The van der Waals surface area contributed by atoms with Crippen LogP contribution in [0.1, 0.15) is 113 Å². The number of amides is 1. The van der Waals surface area contributed by atoms with Crippen molar-refractivity contribution in [3.05, 3.63) is 77.9 Å². The van der Waals surface area contributed by atoms with Crippen molar-refractivity contribution in [1.82, 2.24) is 5.32 Å². The number of carbonyl (C=O) groups excluding carboxylic acids is 2. The van der Waals surface area contributed by atoms with E-state index in [1.54, 1.807) is 24.3 Å². The van der Waals surface area contributed by atoms with E-state index in [4.69, 9.17) is 14.5 Å². The molecule has 3 N–H and O–H groups in total. The van der Waals surface area contributed by atoms with Gasteiger partial charge in [-0.15, -0.1) is 0 Å². The zero-order valence-electron chi connectivity index (χ0n) is 25.6. The maximum absolute atomic E-state index is 13.1. The first kappa shape index (κ1) is 36.4. The second-order valence-corrected chi connectivity index (χ2v) is 12.1. The monoisotopic (exact) mass is 615 g/mol. The number of phosphoric acid groups is 1. The van der Waals surface area contributed by atoms with Gasteiger partial charge >= 0.3 is 7.82 Å². The second kappa shape index (κ2) is 21.8. The van der Waals surface area contributed by atoms with E-state index in [2.05, 4.69) is 28.9 Å². The third-order valence-corrected chi connectivity index (χ3v) is 7.60. The fourth-order valence-electron chi connectivity index (χ4n) is 4.63. The molecule has 0 heterocycles. The Labute approximate surface area is 257 Å². The minimum absolute atomic E-state index is 0.226. The Bertz CT molecular complexity index is 1120. The summed E-state index contributed by atoms with van der Waals surface area (Å²) in [6.07, 6.45) is 19.8. The van der Waals surface area contributed by atoms with Crippen LogP contribution in [0.25, 0.3) is 0 Å². The summed E-state index contributed by atoms with van der Waals surface area (Å²) in [7, 11) is -4.82. The highest BCUT2D eigenvalue weighted by Crippen LogP contribution is 2.35. The van der Waals surface area contributed by atoms with E-state index in [1.807, 2.05) is 30.3 Å². The third kappa shape index (κ3) is 17.8. The van der Waals surface area contributed by atoms with Crippen LogP contribution in [-0.4, -0.2) is 34.1 Å². The molecule has 2 aromatic carbocycles. The Kier molecular flexibility index (Phi) is 18.5. The molecule has 1 amide bonds. The molecule has 43 heavy (non-hydrogen) atoms. The molecule has 0 radical (unpaired) electrons. The van der Waals surface area contributed by atoms with Crippen LogP contribution in [-0.2, 0) is 20.5 Å². The smallest absolute Gasteiger partial charge is 0.469 e. The Morgan fingerprint density at radius 2 is 1.40 bits per heavy atom. The molecular weight excluding hydrogens is 565 g/mol. The largest absolute Gasteiger partial charge is 0.489 e. The summed E-state index contributed by atoms with van der Waals surface area (Å²) in [4.78, 5) is 44.0. The van der Waals surface area contributed by atoms with Crippen LogP contribution in [0.3, 0.4) is 0 Å². The van der Waals surface area contributed by atoms with E-state index in [0.717, 1.165) is 37.7 Å². The molecule has 8 nitrogen and oxygen atoms in total. The molecular formula is C34H50NO7P. The highest BCUT2D eigenvalue weighted by atomic mass is 31.2. The average Bonchev–Trinajstić information content (AvgIpc) is 3.00. The summed E-state index contributed by atoms with van der Waals surface area (Å²) in [5, 5.41) is 2.60. The number of ether oxygens (including phenoxy) is 1. The molecule has 0 unspecified atom stereocenters. The van der Waals surface area contributed by atoms with Crippen LogP contribution >= 0.6 is 7.82 Å². The summed E-state index contributed by atoms with van der Waals surface area (Å²) < 4.78 is 21.6. The molecule has 2 rings (SSSR count). The predicted octanol–water partition coefficient (Wildman–Crippen LogP) is 8.08. The number of benzene rings is 2. The minimum Gasteiger partial charge on any atom is -0.489 e. The van der Waals surface area contributed by atoms with Gasteiger partial charge in [-0.3, -0.25) is 14.1 Å². The molecule has 0 aliphatic rings. The van der Waals surface area contributed by atoms with Gasteiger partial charge in [0.25, 0.3) is 0 Å². The number of ketones is 1. The topological polar surface area (TPSA) is 122 Å². The van der Waals surface area contributed by atoms with Gasteiger partial charge in [-0.1, -0.05) is 101 Å². The van der Waals surface area contributed by atoms with Gasteiger partial charge in [0.2, 0.25) is 5.91 Å². The number of phosphoric ester groups is 1. The fraction of sp³-hybridized carbons (Fsp3) is 0.529. The van der Waals surface area contributed by atoms with Gasteiger partial charge in [0, 0.05) is 12.0 Å². The van der Waals surface area contributed by atoms with Gasteiger partial charge in [0.05, 0.1) is 6.61 Å². The molecule has 0 aromatic heterocycles. The van der Waals surface area contributed by atoms with E-state index in [1.165, 1.54) is 44.9 Å². The number of carbonyl (C=O) groups is 2. The number of unbranched alkanes of at least 4 members (excludes halogenated alkanes) is 11. The van der Waals surface area contributed by atoms with Crippen LogP contribution in [0.5, 0.6) is 5.75 Å². The van der Waals surface area contributed by atoms with Crippen LogP contribution < -0.4 is 10.1 Å². The number of rotatable bonds is 24. The third-order valence-electron chi connectivity index (χ3n) is 7.11. The lowest BCUT2D eigenvalue weighted by Gasteiger charge is -2.18. The predicted molar refractivity (Wildman–Crippen MR) is 171 cm³/mol. The van der Waals surface area contributed by atoms with Crippen molar-refractivity contribution in [3.8, 4) is 5.75 Å². The Morgan fingerprint density at radius 3 is 2.00 bits per heavy atom. The lowest BCUT2D eigenvalue weighted by molar-refractivity contribution is -0.121. The Balaban J connectivity index is 1.69. The molecule has 0 saturated heterocycles. The maximum atomic E-state index is 13.1. The maximum Gasteiger partial charge on any atom is 0.469 e. The minimum atomic E-state index is -4.82. The van der Waals surface area contributed by atoms with Crippen molar-refractivity contribution < 1.29 is 33.2 Å². The zero-order chi connectivity index (χ0) is 31.2. The van der Waals surface area contributed by atoms with E-state index in [0.29, 0.717) is 18.8 Å². The number of hydrogen-bond acceptors (Lipinski definition) is 5. The molecule has 0 saturated carbocycles. The van der Waals surface area contributed by atoms with E-state index >= 15 is 0 Å². The molecule has 2 aromatic rings. The highest BCUT2D eigenvalue weighted by molar-refractivity contribution is 7.46. The van der Waals surface area contributed by atoms with Gasteiger partial charge in [0.1, 0.15) is 18.4 Å². The summed E-state index contributed by atoms with van der Waals surface area (Å²) in [6.45, 7) is 1.98. The molecule has 0 spiro atoms. The zero-order valence-corrected chi connectivity index (χ0v) is 26.5. The van der Waals surface area contributed by atoms with Gasteiger partial charge in [0.15, 0.2) is 5.78 Å². The first-order chi connectivity index (χ1) is 20.8. The number of hydrogen-bond donors (Lipinski definition) is 3. The number of allylic oxidation sites excluding steroid dienone is 2. The lowest BCUT2D eigenvalue weighted by Crippen LogP contribution is -2.43. The van der Waals surface area contributed by atoms with Crippen LogP contribution in [0.4, 0.5) is 0 Å². The average molecular weight is 616 g/mol. The summed E-state index contributed by atoms with van der Waals surface area (Å²) in [6, 6.07) is 14.8. The summed E-state index contributed by atoms with van der Waals surface area (Å²) in [5.74, 6) is -0.286. The molecule has 238 valence electrons. The van der Waals surface area contributed by atoms with Crippen molar-refractivity contribution >= 4 is 19.5 Å². The second-order valence-electron chi connectivity index (χ2n) is 10.9. The van der Waals surface area contributed by atoms with E-state index in [-0.39, 0.29) is 17.9 Å². The number of nitrogens with one attached hydrogen (secondary N) is 1. The van der Waals surface area contributed by atoms with E-state index in [9.17, 15) is 14.2 Å². The van der Waals surface area contributed by atoms with Crippen LogP contribution in [0.15, 0.2) is 66.7 Å². The van der Waals surface area contributed by atoms with Gasteiger partial charge in [-0.25, -0.2) is 4.57 Å². The van der Waals surface area contributed by atoms with Crippen molar-refractivity contribution in [2.75, 3.05) is 6.61 Å². The Hall–Kier alpha value is -2.77. The van der Waals surface area contributed by atoms with Crippen molar-refractivity contribution in [2.24, 2.45) is 0 Å². The summed E-state index contributed by atoms with van der Waals surface area (Å²) >= 11 is 0. The summed E-state index contributed by atoms with van der Waals surface area (Å²) in [5.41, 5.74) is 1.28. The molecule has 1 atom stereocenters. The molecule has 0 aliphatic heterocycles. The molecule has 9 heteroatoms. The van der Waals surface area contributed by atoms with Gasteiger partial charge < -0.3 is 19.8 Å². The molecule has 0 aliphatic carbocycles. The molecule has 0 fully saturated rings. The van der Waals surface area contributed by atoms with Gasteiger partial charge in [-0.05, 0) is 61.9 Å². The van der Waals surface area contributed by atoms with E-state index < -0.39 is 26.3 Å². The first-order valence-corrected chi connectivity index (χ1v) is 17.3. The highest BCUT2D eigenvalue weighted by Gasteiger charge is 2.26. The molecule has 0 bridgehead atoms. The normalized spacial score (nSPS) is 12.3. The van der Waals surface area contributed by atoms with Crippen molar-refractivity contribution in [2.45, 2.75) is 109 Å². The lowest BCUT2D eigenvalue weighted by atomic mass is 10.0. The SMILES string of the molecule is CCCCCCCCC=CCCCCCCCC(=O)N[C@H](COP(=O)(O)O)C(=O)c1ccc(OCc2ccccc2)cc1. The van der Waals surface area contributed by atoms with Gasteiger partial charge in [-0.2, -0.15) is 0 Å². The fourth-order valence-corrected chi connectivity index (χ4v) is 4.98. The Morgan fingerprint density at radius 1 is 0.814 bits per heavy atom. The van der Waals surface area contributed by atoms with Crippen molar-refractivity contribution in [3.63, 3.8) is 0 Å². The van der Waals surface area contributed by atoms with Crippen molar-refractivity contribution in [1.29, 1.82) is 0 Å². The van der Waals surface area contributed by atoms with Crippen LogP contribution in [0, 0.1) is 0 Å². The van der Waals surface area contributed by atoms with Crippen LogP contribution in [0.2, 0.25) is 0 Å². The quantitative estimate of drug-likeness (QED) is 0.0472. The number of Topliss-reactive ketones (excluding diaryl/α,β-unsaturated/α-hetero) is 1. The first-order valence-electron chi connectivity index (χ1n) is 15.7.